The van der Waals surface area contributed by atoms with Crippen molar-refractivity contribution in [2.75, 3.05) is 26.2 Å². The van der Waals surface area contributed by atoms with E-state index in [-0.39, 0.29) is 12.0 Å². The van der Waals surface area contributed by atoms with E-state index < -0.39 is 0 Å². The highest BCUT2D eigenvalue weighted by Gasteiger charge is 2.23. The molecule has 1 aromatic rings. The molecule has 0 radical (unpaired) electrons. The minimum absolute atomic E-state index is 0.0497. The summed E-state index contributed by atoms with van der Waals surface area (Å²) in [5.74, 6) is 5.81. The second kappa shape index (κ2) is 6.71. The largest absolute Gasteiger partial charge is 0.377 e. The molecule has 19 heavy (non-hydrogen) atoms. The van der Waals surface area contributed by atoms with Gasteiger partial charge in [-0.1, -0.05) is 11.8 Å². The number of ether oxygens (including phenoxy) is 1. The van der Waals surface area contributed by atoms with Crippen LogP contribution in [0.3, 0.4) is 0 Å². The summed E-state index contributed by atoms with van der Waals surface area (Å²) in [6.45, 7) is 4.40. The van der Waals surface area contributed by atoms with Crippen LogP contribution in [0.2, 0.25) is 0 Å². The average Bonchev–Trinajstić information content (AvgIpc) is 2.76. The molecule has 1 fully saturated rings. The van der Waals surface area contributed by atoms with Crippen LogP contribution in [0.5, 0.6) is 0 Å². The zero-order valence-corrected chi connectivity index (χ0v) is 11.8. The van der Waals surface area contributed by atoms with E-state index in [4.69, 9.17) is 10.5 Å². The van der Waals surface area contributed by atoms with Crippen LogP contribution in [-0.4, -0.2) is 43.2 Å². The second-order valence-corrected chi connectivity index (χ2v) is 5.37. The molecule has 0 aliphatic carbocycles. The van der Waals surface area contributed by atoms with Crippen LogP contribution in [0.25, 0.3) is 0 Å². The Kier molecular flexibility index (Phi) is 4.97. The Labute approximate surface area is 117 Å². The van der Waals surface area contributed by atoms with E-state index in [2.05, 4.69) is 11.8 Å². The molecule has 5 heteroatoms. The molecule has 0 saturated carbocycles. The molecule has 0 spiro atoms. The van der Waals surface area contributed by atoms with E-state index in [1.54, 1.807) is 0 Å². The standard InChI is InChI=1S/C14H18N2O2S/c1-11-10-16(7-3-8-18-11)14(17)13-12(4-2-6-15)5-9-19-13/h5,9,11H,3,6-8,10,15H2,1H3. The molecule has 4 nitrogen and oxygen atoms in total. The van der Waals surface area contributed by atoms with Gasteiger partial charge in [-0.3, -0.25) is 4.79 Å². The van der Waals surface area contributed by atoms with Crippen LogP contribution >= 0.6 is 11.3 Å². The van der Waals surface area contributed by atoms with Gasteiger partial charge in [0.2, 0.25) is 0 Å². The molecule has 1 unspecified atom stereocenters. The molecular formula is C14H18N2O2S. The third-order valence-corrected chi connectivity index (χ3v) is 3.83. The molecule has 0 aromatic carbocycles. The van der Waals surface area contributed by atoms with E-state index in [0.29, 0.717) is 18.0 Å². The first-order valence-electron chi connectivity index (χ1n) is 6.39. The predicted octanol–water partition coefficient (Wildman–Crippen LogP) is 1.31. The van der Waals surface area contributed by atoms with E-state index in [0.717, 1.165) is 25.1 Å². The first-order chi connectivity index (χ1) is 9.22. The van der Waals surface area contributed by atoms with Crippen molar-refractivity contribution in [3.05, 3.63) is 21.9 Å². The van der Waals surface area contributed by atoms with Gasteiger partial charge in [0.05, 0.1) is 12.6 Å². The van der Waals surface area contributed by atoms with Gasteiger partial charge in [-0.2, -0.15) is 0 Å². The molecule has 2 rings (SSSR count). The summed E-state index contributed by atoms with van der Waals surface area (Å²) >= 11 is 1.43. The second-order valence-electron chi connectivity index (χ2n) is 4.46. The Morgan fingerprint density at radius 3 is 3.32 bits per heavy atom. The number of carbonyl (C=O) groups excluding carboxylic acids is 1. The zero-order valence-electron chi connectivity index (χ0n) is 11.0. The SMILES string of the molecule is CC1CN(C(=O)c2sccc2C#CCN)CCCO1. The number of carbonyl (C=O) groups is 1. The number of rotatable bonds is 1. The van der Waals surface area contributed by atoms with E-state index in [1.807, 2.05) is 23.3 Å². The van der Waals surface area contributed by atoms with Gasteiger partial charge in [0.25, 0.3) is 5.91 Å². The lowest BCUT2D eigenvalue weighted by Crippen LogP contribution is -2.35. The van der Waals surface area contributed by atoms with E-state index >= 15 is 0 Å². The molecule has 2 heterocycles. The Hall–Kier alpha value is -1.35. The smallest absolute Gasteiger partial charge is 0.265 e. The van der Waals surface area contributed by atoms with Crippen LogP contribution in [0.4, 0.5) is 0 Å². The molecule has 1 atom stereocenters. The van der Waals surface area contributed by atoms with Crippen molar-refractivity contribution in [3.63, 3.8) is 0 Å². The first kappa shape index (κ1) is 14.1. The Morgan fingerprint density at radius 2 is 2.53 bits per heavy atom. The van der Waals surface area contributed by atoms with Crippen molar-refractivity contribution >= 4 is 17.2 Å². The molecular weight excluding hydrogens is 260 g/mol. The van der Waals surface area contributed by atoms with Crippen molar-refractivity contribution < 1.29 is 9.53 Å². The molecule has 2 N–H and O–H groups in total. The van der Waals surface area contributed by atoms with Gasteiger partial charge in [0.15, 0.2) is 0 Å². The van der Waals surface area contributed by atoms with Crippen molar-refractivity contribution in [2.24, 2.45) is 5.73 Å². The van der Waals surface area contributed by atoms with E-state index in [9.17, 15) is 4.79 Å². The van der Waals surface area contributed by atoms with Crippen molar-refractivity contribution in [2.45, 2.75) is 19.4 Å². The van der Waals surface area contributed by atoms with Crippen molar-refractivity contribution in [3.8, 4) is 11.8 Å². The lowest BCUT2D eigenvalue weighted by molar-refractivity contribution is 0.0565. The van der Waals surface area contributed by atoms with Gasteiger partial charge in [-0.05, 0) is 24.8 Å². The lowest BCUT2D eigenvalue weighted by atomic mass is 10.2. The van der Waals surface area contributed by atoms with Crippen molar-refractivity contribution in [1.82, 2.24) is 4.90 Å². The van der Waals surface area contributed by atoms with Crippen molar-refractivity contribution in [1.29, 1.82) is 0 Å². The summed E-state index contributed by atoms with van der Waals surface area (Å²) in [4.78, 5) is 15.1. The van der Waals surface area contributed by atoms with Gasteiger partial charge in [0.1, 0.15) is 4.88 Å². The fraction of sp³-hybridized carbons (Fsp3) is 0.500. The minimum Gasteiger partial charge on any atom is -0.377 e. The summed E-state index contributed by atoms with van der Waals surface area (Å²) in [6, 6.07) is 1.87. The normalized spacial score (nSPS) is 19.5. The maximum absolute atomic E-state index is 12.5. The van der Waals surface area contributed by atoms with Gasteiger partial charge in [0, 0.05) is 25.3 Å². The Morgan fingerprint density at radius 1 is 1.68 bits per heavy atom. The van der Waals surface area contributed by atoms with Crippen LogP contribution < -0.4 is 5.73 Å². The highest BCUT2D eigenvalue weighted by Crippen LogP contribution is 2.19. The first-order valence-corrected chi connectivity index (χ1v) is 7.27. The molecule has 0 bridgehead atoms. The predicted molar refractivity (Wildman–Crippen MR) is 76.2 cm³/mol. The summed E-state index contributed by atoms with van der Waals surface area (Å²) in [5.41, 5.74) is 6.15. The number of amides is 1. The summed E-state index contributed by atoms with van der Waals surface area (Å²) < 4.78 is 5.56. The number of hydrogen-bond acceptors (Lipinski definition) is 4. The van der Waals surface area contributed by atoms with Gasteiger partial charge >= 0.3 is 0 Å². The number of nitrogens with zero attached hydrogens (tertiary/aromatic N) is 1. The minimum atomic E-state index is 0.0497. The average molecular weight is 278 g/mol. The summed E-state index contributed by atoms with van der Waals surface area (Å²) in [7, 11) is 0. The van der Waals surface area contributed by atoms with Crippen LogP contribution in [0, 0.1) is 11.8 Å². The monoisotopic (exact) mass is 278 g/mol. The Balaban J connectivity index is 2.16. The van der Waals surface area contributed by atoms with E-state index in [1.165, 1.54) is 11.3 Å². The molecule has 1 aliphatic rings. The molecule has 1 aromatic heterocycles. The fourth-order valence-corrected chi connectivity index (χ4v) is 2.86. The number of thiophene rings is 1. The molecule has 1 saturated heterocycles. The number of nitrogens with two attached hydrogens (primary N) is 1. The highest BCUT2D eigenvalue weighted by molar-refractivity contribution is 7.12. The lowest BCUT2D eigenvalue weighted by Gasteiger charge is -2.21. The molecule has 102 valence electrons. The third kappa shape index (κ3) is 3.57. The van der Waals surface area contributed by atoms with Gasteiger partial charge in [-0.15, -0.1) is 11.3 Å². The molecule has 1 aliphatic heterocycles. The highest BCUT2D eigenvalue weighted by atomic mass is 32.1. The maximum atomic E-state index is 12.5. The third-order valence-electron chi connectivity index (χ3n) is 2.92. The quantitative estimate of drug-likeness (QED) is 0.788. The summed E-state index contributed by atoms with van der Waals surface area (Å²) in [5, 5.41) is 1.89. The topological polar surface area (TPSA) is 55.6 Å². The van der Waals surface area contributed by atoms with Gasteiger partial charge in [-0.25, -0.2) is 0 Å². The number of hydrogen-bond donors (Lipinski definition) is 1. The Bertz CT molecular complexity index is 501. The van der Waals surface area contributed by atoms with Gasteiger partial charge < -0.3 is 15.4 Å². The van der Waals surface area contributed by atoms with Crippen LogP contribution in [0.15, 0.2) is 11.4 Å². The maximum Gasteiger partial charge on any atom is 0.265 e. The zero-order chi connectivity index (χ0) is 13.7. The van der Waals surface area contributed by atoms with Crippen LogP contribution in [-0.2, 0) is 4.74 Å². The van der Waals surface area contributed by atoms with Crippen LogP contribution in [0.1, 0.15) is 28.6 Å². The summed E-state index contributed by atoms with van der Waals surface area (Å²) in [6.07, 6.45) is 0.968. The fourth-order valence-electron chi connectivity index (χ4n) is 2.04. The molecule has 1 amide bonds.